The fourth-order valence-electron chi connectivity index (χ4n) is 3.85. The summed E-state index contributed by atoms with van der Waals surface area (Å²) in [5.74, 6) is 0.466. The average Bonchev–Trinajstić information content (AvgIpc) is 2.78. The third kappa shape index (κ3) is 4.94. The van der Waals surface area contributed by atoms with E-state index in [4.69, 9.17) is 14.7 Å². The maximum atomic E-state index is 9.14. The highest BCUT2D eigenvalue weighted by Gasteiger charge is 2.19. The molecular weight excluding hydrogens is 414 g/mol. The van der Waals surface area contributed by atoms with Crippen LogP contribution in [0.25, 0.3) is 32.3 Å². The zero-order chi connectivity index (χ0) is 22.7. The first kappa shape index (κ1) is 22.3. The van der Waals surface area contributed by atoms with E-state index in [1.54, 1.807) is 6.07 Å². The van der Waals surface area contributed by atoms with Crippen molar-refractivity contribution in [2.75, 3.05) is 20.0 Å². The van der Waals surface area contributed by atoms with Crippen LogP contribution in [0.15, 0.2) is 97.1 Å². The van der Waals surface area contributed by atoms with E-state index in [-0.39, 0.29) is 0 Å². The second-order valence-electron chi connectivity index (χ2n) is 8.63. The lowest BCUT2D eigenvalue weighted by Crippen LogP contribution is -2.20. The van der Waals surface area contributed by atoms with E-state index >= 15 is 0 Å². The summed E-state index contributed by atoms with van der Waals surface area (Å²) in [5, 5.41) is 26.1. The summed E-state index contributed by atoms with van der Waals surface area (Å²) >= 11 is 0. The van der Waals surface area contributed by atoms with Crippen molar-refractivity contribution in [2.45, 2.75) is 0 Å². The second-order valence-corrected chi connectivity index (χ2v) is 13.2. The summed E-state index contributed by atoms with van der Waals surface area (Å²) in [7, 11) is -2.60. The van der Waals surface area contributed by atoms with Gasteiger partial charge >= 0.3 is 7.32 Å². The first-order valence-corrected chi connectivity index (χ1v) is 13.7. The normalized spacial score (nSPS) is 11.3. The summed E-state index contributed by atoms with van der Waals surface area (Å²) in [6, 6.07) is 32.8. The van der Waals surface area contributed by atoms with Crippen LogP contribution >= 0.6 is 7.26 Å². The molecule has 160 valence electrons. The fourth-order valence-corrected chi connectivity index (χ4v) is 4.92. The molecule has 0 aliphatic carbocycles. The molecule has 0 atom stereocenters. The van der Waals surface area contributed by atoms with Crippen LogP contribution in [0.4, 0.5) is 0 Å². The maximum absolute atomic E-state index is 9.14. The Bertz CT molecular complexity index is 1360. The van der Waals surface area contributed by atoms with Crippen molar-refractivity contribution in [3.63, 3.8) is 0 Å². The molecule has 0 radical (unpaired) electrons. The van der Waals surface area contributed by atoms with Gasteiger partial charge in [-0.25, -0.2) is 0 Å². The summed E-state index contributed by atoms with van der Waals surface area (Å²) in [6.07, 6.45) is 0. The Labute approximate surface area is 189 Å². The topological polar surface area (TPSA) is 49.7 Å². The van der Waals surface area contributed by atoms with E-state index in [1.165, 1.54) is 10.7 Å². The Balaban J connectivity index is 0.000000207. The molecule has 0 aliphatic heterocycles. The first-order valence-electron chi connectivity index (χ1n) is 10.6. The zero-order valence-electron chi connectivity index (χ0n) is 18.6. The van der Waals surface area contributed by atoms with Crippen LogP contribution in [0.3, 0.4) is 0 Å². The number of fused-ring (bicyclic) bond motifs is 4. The van der Waals surface area contributed by atoms with E-state index in [0.29, 0.717) is 5.75 Å². The van der Waals surface area contributed by atoms with E-state index < -0.39 is 14.6 Å². The molecule has 0 saturated carbocycles. The van der Waals surface area contributed by atoms with Gasteiger partial charge in [0, 0.05) is 12.6 Å². The van der Waals surface area contributed by atoms with Gasteiger partial charge in [-0.1, -0.05) is 66.7 Å². The number of benzene rings is 5. The molecule has 0 heterocycles. The molecule has 0 saturated heterocycles. The molecule has 0 amide bonds. The lowest BCUT2D eigenvalue weighted by Gasteiger charge is -2.12. The van der Waals surface area contributed by atoms with Crippen molar-refractivity contribution < 1.29 is 14.7 Å². The summed E-state index contributed by atoms with van der Waals surface area (Å²) in [5.41, 5.74) is 0. The number of hydrogen-bond donors (Lipinski definition) is 2. The molecule has 5 aromatic carbocycles. The highest BCUT2D eigenvalue weighted by molar-refractivity contribution is 7.80. The Morgan fingerprint density at radius 2 is 1.22 bits per heavy atom. The predicted molar refractivity (Wildman–Crippen MR) is 141 cm³/mol. The minimum absolute atomic E-state index is 0.466. The number of hydrogen-bond acceptors (Lipinski definition) is 3. The average molecular weight is 441 g/mol. The molecule has 0 spiro atoms. The van der Waals surface area contributed by atoms with Crippen molar-refractivity contribution in [1.82, 2.24) is 0 Å². The van der Waals surface area contributed by atoms with Gasteiger partial charge in [-0.15, -0.1) is 0 Å². The molecule has 0 fully saturated rings. The van der Waals surface area contributed by atoms with E-state index in [2.05, 4.69) is 80.7 Å². The van der Waals surface area contributed by atoms with Crippen LogP contribution in [0.1, 0.15) is 0 Å². The Morgan fingerprint density at radius 3 is 1.84 bits per heavy atom. The standard InChI is InChI=1S/C18H13BO3.C9H14P/c20-19(21)22-17-7-3-6-12-8-9-15-10-13-4-1-2-5-14(13)11-16(15)18(12)17;1-10(2,3)9-7-5-4-6-8-9/h1-11,20-21H;4-8H,1-3H3/q;+1. The fraction of sp³-hybridized carbons (Fsp3) is 0.111. The summed E-state index contributed by atoms with van der Waals surface area (Å²) in [6.45, 7) is 7.01. The largest absolute Gasteiger partial charge is 0.707 e. The Hall–Kier alpha value is -2.91. The van der Waals surface area contributed by atoms with Crippen molar-refractivity contribution in [3.8, 4) is 5.75 Å². The van der Waals surface area contributed by atoms with Crippen molar-refractivity contribution >= 4 is 52.2 Å². The molecule has 5 heteroatoms. The van der Waals surface area contributed by atoms with Gasteiger partial charge in [0.05, 0.1) is 25.3 Å². The van der Waals surface area contributed by atoms with Crippen LogP contribution in [-0.4, -0.2) is 37.4 Å². The van der Waals surface area contributed by atoms with Crippen molar-refractivity contribution in [2.24, 2.45) is 0 Å². The van der Waals surface area contributed by atoms with Gasteiger partial charge in [-0.2, -0.15) is 0 Å². The SMILES string of the molecule is C[P+](C)(C)c1ccccc1.OB(O)Oc1cccc2ccc3cc4ccccc4cc3c12. The lowest BCUT2D eigenvalue weighted by molar-refractivity contribution is 0.289. The quantitative estimate of drug-likeness (QED) is 0.163. The second kappa shape index (κ2) is 9.30. The molecule has 5 aromatic rings. The van der Waals surface area contributed by atoms with Crippen LogP contribution in [0.5, 0.6) is 5.75 Å². The van der Waals surface area contributed by atoms with Crippen LogP contribution in [-0.2, 0) is 0 Å². The Kier molecular flexibility index (Phi) is 6.48. The molecule has 32 heavy (non-hydrogen) atoms. The maximum Gasteiger partial charge on any atom is 0.707 e. The molecular formula is C27H27BO3P+. The van der Waals surface area contributed by atoms with Crippen LogP contribution < -0.4 is 9.96 Å². The monoisotopic (exact) mass is 441 g/mol. The van der Waals surface area contributed by atoms with Crippen LogP contribution in [0.2, 0.25) is 0 Å². The van der Waals surface area contributed by atoms with Crippen molar-refractivity contribution in [3.05, 3.63) is 97.1 Å². The minimum atomic E-state index is -1.83. The molecule has 0 aromatic heterocycles. The predicted octanol–water partition coefficient (Wildman–Crippen LogP) is 5.71. The van der Waals surface area contributed by atoms with Gasteiger partial charge < -0.3 is 14.7 Å². The lowest BCUT2D eigenvalue weighted by atomic mass is 9.97. The Morgan fingerprint density at radius 1 is 0.625 bits per heavy atom. The van der Waals surface area contributed by atoms with Gasteiger partial charge in [0.1, 0.15) is 5.75 Å². The minimum Gasteiger partial charge on any atom is -0.511 e. The summed E-state index contributed by atoms with van der Waals surface area (Å²) < 4.78 is 5.16. The van der Waals surface area contributed by atoms with E-state index in [1.807, 2.05) is 30.3 Å². The molecule has 2 N–H and O–H groups in total. The molecule has 0 unspecified atom stereocenters. The highest BCUT2D eigenvalue weighted by atomic mass is 31.2. The van der Waals surface area contributed by atoms with Gasteiger partial charge in [0.25, 0.3) is 0 Å². The zero-order valence-corrected chi connectivity index (χ0v) is 19.5. The van der Waals surface area contributed by atoms with E-state index in [9.17, 15) is 0 Å². The number of rotatable bonds is 3. The van der Waals surface area contributed by atoms with Gasteiger partial charge in [0.15, 0.2) is 0 Å². The van der Waals surface area contributed by atoms with Crippen molar-refractivity contribution in [1.29, 1.82) is 0 Å². The van der Waals surface area contributed by atoms with Crippen LogP contribution in [0, 0.1) is 0 Å². The smallest absolute Gasteiger partial charge is 0.511 e. The van der Waals surface area contributed by atoms with E-state index in [0.717, 1.165) is 26.9 Å². The van der Waals surface area contributed by atoms with Gasteiger partial charge in [-0.05, 0) is 57.3 Å². The van der Waals surface area contributed by atoms with Gasteiger partial charge in [0.2, 0.25) is 0 Å². The molecule has 5 rings (SSSR count). The molecule has 0 bridgehead atoms. The third-order valence-electron chi connectivity index (χ3n) is 5.45. The van der Waals surface area contributed by atoms with Gasteiger partial charge in [-0.3, -0.25) is 0 Å². The third-order valence-corrected chi connectivity index (χ3v) is 7.30. The first-order chi connectivity index (χ1) is 15.3. The molecule has 0 aliphatic rings. The molecule has 3 nitrogen and oxygen atoms in total. The summed E-state index contributed by atoms with van der Waals surface area (Å²) in [4.78, 5) is 0. The highest BCUT2D eigenvalue weighted by Crippen LogP contribution is 2.44.